The van der Waals surface area contributed by atoms with Crippen LogP contribution in [0.25, 0.3) is 10.2 Å². The van der Waals surface area contributed by atoms with Gasteiger partial charge in [0.1, 0.15) is 11.2 Å². The molecule has 0 aliphatic heterocycles. The summed E-state index contributed by atoms with van der Waals surface area (Å²) in [6, 6.07) is 23.6. The van der Waals surface area contributed by atoms with E-state index in [0.717, 1.165) is 30.0 Å². The molecule has 0 saturated carbocycles. The van der Waals surface area contributed by atoms with Crippen molar-refractivity contribution in [1.29, 1.82) is 0 Å². The first kappa shape index (κ1) is 32.9. The van der Waals surface area contributed by atoms with Gasteiger partial charge in [-0.1, -0.05) is 102 Å². The largest absolute Gasteiger partial charge is 0.443 e. The summed E-state index contributed by atoms with van der Waals surface area (Å²) in [5, 5.41) is 1.38. The highest BCUT2D eigenvalue weighted by molar-refractivity contribution is 9.10. The zero-order valence-corrected chi connectivity index (χ0v) is 29.3. The predicted molar refractivity (Wildman–Crippen MR) is 180 cm³/mol. The standard InChI is InChI=1S/C33H39BrN2O5SSi/c1-31(2,3)40-29(37)36(30(38)41-32(4,5)6)28-35-27-22(19-23(34)20-26(27)42-28)21-33(7,8)43(39,24-15-11-9-12-16-24)25-17-13-10-14-18-25/h9-20,39H,21H2,1-8H3. The van der Waals surface area contributed by atoms with Crippen molar-refractivity contribution in [1.82, 2.24) is 4.98 Å². The van der Waals surface area contributed by atoms with Crippen molar-refractivity contribution in [3.63, 3.8) is 0 Å². The molecule has 1 aromatic heterocycles. The van der Waals surface area contributed by atoms with Crippen molar-refractivity contribution >= 4 is 73.5 Å². The topological polar surface area (TPSA) is 89.0 Å². The summed E-state index contributed by atoms with van der Waals surface area (Å²) in [6.07, 6.45) is -1.24. The Kier molecular flexibility index (Phi) is 9.28. The van der Waals surface area contributed by atoms with Crippen molar-refractivity contribution in [2.24, 2.45) is 0 Å². The van der Waals surface area contributed by atoms with Crippen LogP contribution in [0.1, 0.15) is 61.0 Å². The smallest absolute Gasteiger partial charge is 0.426 e. The number of benzene rings is 3. The summed E-state index contributed by atoms with van der Waals surface area (Å²) in [4.78, 5) is 45.1. The molecule has 0 radical (unpaired) electrons. The fourth-order valence-corrected chi connectivity index (χ4v) is 10.4. The molecule has 3 aromatic carbocycles. The Balaban J connectivity index is 1.83. The van der Waals surface area contributed by atoms with Crippen molar-refractivity contribution in [2.45, 2.75) is 78.1 Å². The Hall–Kier alpha value is -3.05. The molecule has 10 heteroatoms. The highest BCUT2D eigenvalue weighted by atomic mass is 79.9. The lowest BCUT2D eigenvalue weighted by Gasteiger charge is -2.41. The lowest BCUT2D eigenvalue weighted by molar-refractivity contribution is 0.0430. The van der Waals surface area contributed by atoms with Crippen molar-refractivity contribution in [3.8, 4) is 0 Å². The quantitative estimate of drug-likeness (QED) is 0.209. The number of fused-ring (bicyclic) bond motifs is 1. The molecule has 4 aromatic rings. The van der Waals surface area contributed by atoms with Crippen LogP contribution in [0.3, 0.4) is 0 Å². The maximum atomic E-state index is 13.3. The number of hydrogen-bond donors (Lipinski definition) is 1. The minimum atomic E-state index is -3.32. The summed E-state index contributed by atoms with van der Waals surface area (Å²) in [5.74, 6) is 0. The van der Waals surface area contributed by atoms with Crippen LogP contribution in [0.5, 0.6) is 0 Å². The molecule has 43 heavy (non-hydrogen) atoms. The lowest BCUT2D eigenvalue weighted by Crippen LogP contribution is -2.65. The number of nitrogens with zero attached hydrogens (tertiary/aromatic N) is 2. The zero-order valence-electron chi connectivity index (χ0n) is 25.9. The van der Waals surface area contributed by atoms with E-state index >= 15 is 0 Å². The van der Waals surface area contributed by atoms with Gasteiger partial charge in [0, 0.05) is 4.47 Å². The molecule has 0 fully saturated rings. The van der Waals surface area contributed by atoms with E-state index in [1.165, 1.54) is 11.3 Å². The van der Waals surface area contributed by atoms with Gasteiger partial charge in [-0.3, -0.25) is 0 Å². The highest BCUT2D eigenvalue weighted by Crippen LogP contribution is 2.42. The number of carbonyl (C=O) groups is 2. The molecular weight excluding hydrogens is 644 g/mol. The number of hydrogen-bond acceptors (Lipinski definition) is 7. The van der Waals surface area contributed by atoms with Gasteiger partial charge >= 0.3 is 12.2 Å². The molecule has 0 saturated heterocycles. The number of thiazole rings is 1. The maximum Gasteiger partial charge on any atom is 0.426 e. The minimum Gasteiger partial charge on any atom is -0.443 e. The predicted octanol–water partition coefficient (Wildman–Crippen LogP) is 7.81. The van der Waals surface area contributed by atoms with Crippen LogP contribution in [-0.4, -0.2) is 41.5 Å². The summed E-state index contributed by atoms with van der Waals surface area (Å²) in [7, 11) is -3.32. The van der Waals surface area contributed by atoms with E-state index < -0.39 is 36.7 Å². The first-order valence-corrected chi connectivity index (χ1v) is 17.7. The Bertz CT molecular complexity index is 1540. The third-order valence-corrected chi connectivity index (χ3v) is 12.8. The third kappa shape index (κ3) is 7.37. The van der Waals surface area contributed by atoms with Crippen molar-refractivity contribution in [2.75, 3.05) is 4.90 Å². The average Bonchev–Trinajstić information content (AvgIpc) is 3.30. The minimum absolute atomic E-state index is 0.147. The van der Waals surface area contributed by atoms with Gasteiger partial charge < -0.3 is 14.3 Å². The Morgan fingerprint density at radius 2 is 1.30 bits per heavy atom. The van der Waals surface area contributed by atoms with Crippen LogP contribution in [0, 0.1) is 0 Å². The third-order valence-electron chi connectivity index (χ3n) is 6.87. The second-order valence-corrected chi connectivity index (χ2v) is 19.1. The van der Waals surface area contributed by atoms with Crippen molar-refractivity contribution < 1.29 is 23.9 Å². The number of rotatable bonds is 6. The van der Waals surface area contributed by atoms with Gasteiger partial charge in [0.15, 0.2) is 0 Å². The molecule has 0 aliphatic carbocycles. The molecule has 4 rings (SSSR count). The van der Waals surface area contributed by atoms with Gasteiger partial charge in [-0.15, -0.1) is 0 Å². The van der Waals surface area contributed by atoms with Gasteiger partial charge in [-0.05, 0) is 81.1 Å². The SMILES string of the molecule is CC(C)(C)OC(=O)N(C(=O)OC(C)(C)C)c1nc2c(CC(C)(C)[Si](O)(c3ccccc3)c3ccccc3)cc(Br)cc2s1. The number of halogens is 1. The zero-order chi connectivity index (χ0) is 31.8. The molecule has 0 aliphatic rings. The first-order chi connectivity index (χ1) is 19.9. The van der Waals surface area contributed by atoms with Crippen LogP contribution in [0.2, 0.25) is 5.04 Å². The molecular formula is C33H39BrN2O5SSi. The van der Waals surface area contributed by atoms with E-state index in [-0.39, 0.29) is 5.13 Å². The van der Waals surface area contributed by atoms with Crippen LogP contribution >= 0.6 is 27.3 Å². The summed E-state index contributed by atoms with van der Waals surface area (Å²) < 4.78 is 12.8. The summed E-state index contributed by atoms with van der Waals surface area (Å²) in [6.45, 7) is 14.6. The molecule has 0 unspecified atom stereocenters. The number of aromatic nitrogens is 1. The molecule has 0 atom stereocenters. The monoisotopic (exact) mass is 682 g/mol. The molecule has 1 N–H and O–H groups in total. The van der Waals surface area contributed by atoms with Crippen LogP contribution in [0.4, 0.5) is 14.7 Å². The molecule has 0 spiro atoms. The maximum absolute atomic E-state index is 13.3. The van der Waals surface area contributed by atoms with Crippen LogP contribution in [0.15, 0.2) is 77.3 Å². The molecule has 228 valence electrons. The van der Waals surface area contributed by atoms with Gasteiger partial charge in [0.25, 0.3) is 8.32 Å². The van der Waals surface area contributed by atoms with Gasteiger partial charge in [0.2, 0.25) is 5.13 Å². The van der Waals surface area contributed by atoms with E-state index in [9.17, 15) is 14.4 Å². The fourth-order valence-electron chi connectivity index (χ4n) is 5.04. The molecule has 1 heterocycles. The van der Waals surface area contributed by atoms with Gasteiger partial charge in [0.05, 0.1) is 10.2 Å². The van der Waals surface area contributed by atoms with Gasteiger partial charge in [-0.2, -0.15) is 4.90 Å². The summed E-state index contributed by atoms with van der Waals surface area (Å²) >= 11 is 4.85. The normalized spacial score (nSPS) is 12.7. The molecule has 2 amide bonds. The van der Waals surface area contributed by atoms with E-state index in [0.29, 0.717) is 11.9 Å². The fraction of sp³-hybridized carbons (Fsp3) is 0.364. The van der Waals surface area contributed by atoms with E-state index in [2.05, 4.69) is 29.8 Å². The van der Waals surface area contributed by atoms with E-state index in [1.54, 1.807) is 41.5 Å². The first-order valence-electron chi connectivity index (χ1n) is 14.1. The highest BCUT2D eigenvalue weighted by Gasteiger charge is 2.50. The number of amides is 2. The molecule has 7 nitrogen and oxygen atoms in total. The number of carbonyl (C=O) groups excluding carboxylic acids is 2. The van der Waals surface area contributed by atoms with E-state index in [4.69, 9.17) is 14.5 Å². The lowest BCUT2D eigenvalue weighted by atomic mass is 10.0. The number of imide groups is 1. The Labute approximate surface area is 267 Å². The van der Waals surface area contributed by atoms with Crippen LogP contribution in [-0.2, 0) is 15.9 Å². The van der Waals surface area contributed by atoms with Crippen LogP contribution < -0.4 is 15.3 Å². The van der Waals surface area contributed by atoms with E-state index in [1.807, 2.05) is 72.8 Å². The summed E-state index contributed by atoms with van der Waals surface area (Å²) in [5.41, 5.74) is -0.152. The number of anilines is 1. The second kappa shape index (κ2) is 12.1. The van der Waals surface area contributed by atoms with Crippen molar-refractivity contribution in [3.05, 3.63) is 82.8 Å². The average molecular weight is 684 g/mol. The Morgan fingerprint density at radius 1 is 0.837 bits per heavy atom. The Morgan fingerprint density at radius 3 is 1.74 bits per heavy atom. The van der Waals surface area contributed by atoms with Gasteiger partial charge in [-0.25, -0.2) is 14.6 Å². The molecule has 0 bridgehead atoms. The second-order valence-electron chi connectivity index (χ2n) is 13.2. The number of ether oxygens (including phenoxy) is 2.